The van der Waals surface area contributed by atoms with E-state index in [1.807, 2.05) is 0 Å². The van der Waals surface area contributed by atoms with E-state index in [-0.39, 0.29) is 5.41 Å². The van der Waals surface area contributed by atoms with E-state index < -0.39 is 0 Å². The molecule has 0 aliphatic heterocycles. The van der Waals surface area contributed by atoms with Crippen LogP contribution < -0.4 is 5.32 Å². The van der Waals surface area contributed by atoms with E-state index in [4.69, 9.17) is 9.72 Å². The van der Waals surface area contributed by atoms with Crippen molar-refractivity contribution in [3.63, 3.8) is 0 Å². The van der Waals surface area contributed by atoms with Gasteiger partial charge < -0.3 is 10.1 Å². The fraction of sp³-hybridized carbons (Fsp3) is 0.769. The first-order valence-corrected chi connectivity index (χ1v) is 7.05. The van der Waals surface area contributed by atoms with E-state index in [2.05, 4.69) is 38.4 Å². The number of nitrogens with zero attached hydrogens (tertiary/aromatic N) is 1. The Labute approximate surface area is 109 Å². The maximum atomic E-state index is 5.05. The summed E-state index contributed by atoms with van der Waals surface area (Å²) in [4.78, 5) is 4.75. The van der Waals surface area contributed by atoms with E-state index in [0.717, 1.165) is 19.6 Å². The molecule has 0 spiro atoms. The number of aromatic nitrogens is 1. The lowest BCUT2D eigenvalue weighted by atomic mass is 9.93. The van der Waals surface area contributed by atoms with Gasteiger partial charge in [0.1, 0.15) is 5.01 Å². The van der Waals surface area contributed by atoms with Crippen LogP contribution in [0.25, 0.3) is 0 Å². The second-order valence-corrected chi connectivity index (χ2v) is 6.12. The summed E-state index contributed by atoms with van der Waals surface area (Å²) in [6.07, 6.45) is 1.06. The zero-order valence-electron chi connectivity index (χ0n) is 11.5. The van der Waals surface area contributed by atoms with E-state index in [0.29, 0.717) is 6.04 Å². The van der Waals surface area contributed by atoms with Crippen LogP contribution >= 0.6 is 11.3 Å². The van der Waals surface area contributed by atoms with E-state index in [1.54, 1.807) is 18.4 Å². The number of hydrogen-bond donors (Lipinski definition) is 1. The summed E-state index contributed by atoms with van der Waals surface area (Å²) in [5, 5.41) is 6.84. The molecule has 98 valence electrons. The molecular formula is C13H24N2OS. The van der Waals surface area contributed by atoms with Crippen molar-refractivity contribution >= 4 is 11.3 Å². The quantitative estimate of drug-likeness (QED) is 0.794. The van der Waals surface area contributed by atoms with Gasteiger partial charge in [-0.1, -0.05) is 27.7 Å². The lowest BCUT2D eigenvalue weighted by molar-refractivity contribution is 0.195. The summed E-state index contributed by atoms with van der Waals surface area (Å²) in [5.41, 5.74) is 1.32. The van der Waals surface area contributed by atoms with Crippen LogP contribution in [0.4, 0.5) is 0 Å². The molecular weight excluding hydrogens is 232 g/mol. The smallest absolute Gasteiger partial charge is 0.110 e. The molecule has 0 aromatic carbocycles. The highest BCUT2D eigenvalue weighted by Crippen LogP contribution is 2.27. The average Bonchev–Trinajstić information content (AvgIpc) is 2.73. The lowest BCUT2D eigenvalue weighted by Gasteiger charge is -2.16. The van der Waals surface area contributed by atoms with Gasteiger partial charge in [0.2, 0.25) is 0 Å². The van der Waals surface area contributed by atoms with Crippen molar-refractivity contribution in [3.05, 3.63) is 16.1 Å². The molecule has 0 aliphatic carbocycles. The Hall–Kier alpha value is -0.450. The fourth-order valence-electron chi connectivity index (χ4n) is 1.53. The van der Waals surface area contributed by atoms with Gasteiger partial charge in [0.05, 0.1) is 18.3 Å². The number of nitrogens with one attached hydrogen (secondary N) is 1. The molecule has 0 bridgehead atoms. The van der Waals surface area contributed by atoms with Gasteiger partial charge in [-0.3, -0.25) is 0 Å². The van der Waals surface area contributed by atoms with Crippen molar-refractivity contribution < 1.29 is 4.74 Å². The Kier molecular flexibility index (Phi) is 5.56. The van der Waals surface area contributed by atoms with Crippen molar-refractivity contribution in [1.29, 1.82) is 0 Å². The molecule has 0 saturated carbocycles. The summed E-state index contributed by atoms with van der Waals surface area (Å²) in [6, 6.07) is 0.353. The number of thiazole rings is 1. The zero-order valence-corrected chi connectivity index (χ0v) is 12.4. The average molecular weight is 256 g/mol. The fourth-order valence-corrected chi connectivity index (χ4v) is 2.74. The lowest BCUT2D eigenvalue weighted by Crippen LogP contribution is -2.24. The molecule has 1 rings (SSSR count). The molecule has 0 radical (unpaired) electrons. The highest BCUT2D eigenvalue weighted by Gasteiger charge is 2.20. The van der Waals surface area contributed by atoms with Crippen LogP contribution in [0.2, 0.25) is 0 Å². The molecule has 0 fully saturated rings. The topological polar surface area (TPSA) is 34.1 Å². The third-order valence-corrected chi connectivity index (χ3v) is 3.65. The van der Waals surface area contributed by atoms with E-state index in [9.17, 15) is 0 Å². The van der Waals surface area contributed by atoms with Crippen LogP contribution in [0.3, 0.4) is 0 Å². The Morgan fingerprint density at radius 3 is 2.65 bits per heavy atom. The second-order valence-electron chi connectivity index (χ2n) is 5.23. The third kappa shape index (κ3) is 4.37. The molecule has 0 saturated heterocycles. The highest BCUT2D eigenvalue weighted by atomic mass is 32.1. The maximum absolute atomic E-state index is 5.05. The molecule has 1 atom stereocenters. The van der Waals surface area contributed by atoms with Gasteiger partial charge in [-0.15, -0.1) is 11.3 Å². The van der Waals surface area contributed by atoms with Crippen molar-refractivity contribution in [1.82, 2.24) is 10.3 Å². The van der Waals surface area contributed by atoms with Gasteiger partial charge >= 0.3 is 0 Å². The second kappa shape index (κ2) is 6.47. The van der Waals surface area contributed by atoms with Crippen LogP contribution in [0.15, 0.2) is 5.38 Å². The normalized spacial score (nSPS) is 13.9. The van der Waals surface area contributed by atoms with Gasteiger partial charge in [-0.25, -0.2) is 4.98 Å². The summed E-state index contributed by atoms with van der Waals surface area (Å²) in [6.45, 7) is 10.4. The standard InChI is InChI=1S/C13H24N2OS/c1-6-10(14-7-8-16-5)12-15-11(9-17-12)13(2,3)4/h9-10,14H,6-8H2,1-5H3. The molecule has 4 heteroatoms. The predicted octanol–water partition coefficient (Wildman–Crippen LogP) is 3.13. The van der Waals surface area contributed by atoms with Crippen LogP contribution in [0, 0.1) is 0 Å². The number of ether oxygens (including phenoxy) is 1. The molecule has 1 heterocycles. The Balaban J connectivity index is 2.66. The monoisotopic (exact) mass is 256 g/mol. The Morgan fingerprint density at radius 2 is 2.18 bits per heavy atom. The molecule has 0 aliphatic rings. The van der Waals surface area contributed by atoms with Crippen LogP contribution in [-0.2, 0) is 10.2 Å². The highest BCUT2D eigenvalue weighted by molar-refractivity contribution is 7.09. The first-order valence-electron chi connectivity index (χ1n) is 6.17. The largest absolute Gasteiger partial charge is 0.383 e. The van der Waals surface area contributed by atoms with Gasteiger partial charge in [-0.2, -0.15) is 0 Å². The molecule has 1 aromatic rings. The minimum absolute atomic E-state index is 0.138. The van der Waals surface area contributed by atoms with Gasteiger partial charge in [0, 0.05) is 24.4 Å². The van der Waals surface area contributed by atoms with Crippen molar-refractivity contribution in [3.8, 4) is 0 Å². The number of methoxy groups -OCH3 is 1. The predicted molar refractivity (Wildman–Crippen MR) is 73.7 cm³/mol. The van der Waals surface area contributed by atoms with Gasteiger partial charge in [0.15, 0.2) is 0 Å². The Bertz CT molecular complexity index is 330. The summed E-state index contributed by atoms with van der Waals surface area (Å²) in [7, 11) is 1.73. The third-order valence-electron chi connectivity index (χ3n) is 2.69. The molecule has 1 N–H and O–H groups in total. The maximum Gasteiger partial charge on any atom is 0.110 e. The van der Waals surface area contributed by atoms with Crippen LogP contribution in [0.5, 0.6) is 0 Å². The van der Waals surface area contributed by atoms with Gasteiger partial charge in [0.25, 0.3) is 0 Å². The first-order chi connectivity index (χ1) is 7.99. The Morgan fingerprint density at radius 1 is 1.47 bits per heavy atom. The minimum atomic E-state index is 0.138. The number of rotatable bonds is 6. The van der Waals surface area contributed by atoms with E-state index >= 15 is 0 Å². The molecule has 1 aromatic heterocycles. The summed E-state index contributed by atoms with van der Waals surface area (Å²) >= 11 is 1.75. The van der Waals surface area contributed by atoms with Crippen molar-refractivity contribution in [2.75, 3.05) is 20.3 Å². The summed E-state index contributed by atoms with van der Waals surface area (Å²) in [5.74, 6) is 0. The zero-order chi connectivity index (χ0) is 12.9. The molecule has 1 unspecified atom stereocenters. The number of hydrogen-bond acceptors (Lipinski definition) is 4. The van der Waals surface area contributed by atoms with E-state index in [1.165, 1.54) is 10.7 Å². The van der Waals surface area contributed by atoms with Gasteiger partial charge in [-0.05, 0) is 6.42 Å². The molecule has 17 heavy (non-hydrogen) atoms. The first kappa shape index (κ1) is 14.6. The van der Waals surface area contributed by atoms with Crippen molar-refractivity contribution in [2.45, 2.75) is 45.6 Å². The van der Waals surface area contributed by atoms with Crippen LogP contribution in [0.1, 0.15) is 50.9 Å². The summed E-state index contributed by atoms with van der Waals surface area (Å²) < 4.78 is 5.05. The molecule has 0 amide bonds. The van der Waals surface area contributed by atoms with Crippen molar-refractivity contribution in [2.24, 2.45) is 0 Å². The SMILES string of the molecule is CCC(NCCOC)c1nc(C(C)(C)C)cs1. The van der Waals surface area contributed by atoms with Crippen LogP contribution in [-0.4, -0.2) is 25.2 Å². The minimum Gasteiger partial charge on any atom is -0.383 e. The molecule has 3 nitrogen and oxygen atoms in total.